The molecule has 0 radical (unpaired) electrons. The number of benzene rings is 2. The van der Waals surface area contributed by atoms with Crippen molar-refractivity contribution < 1.29 is 9.59 Å². The largest absolute Gasteiger partial charge is 0.350 e. The fourth-order valence-electron chi connectivity index (χ4n) is 2.68. The minimum absolute atomic E-state index is 0.0767. The molecule has 0 saturated heterocycles. The van der Waals surface area contributed by atoms with Crippen LogP contribution in [0.1, 0.15) is 50.4 Å². The molecule has 132 valence electrons. The first kappa shape index (κ1) is 18.7. The van der Waals surface area contributed by atoms with Crippen molar-refractivity contribution in [1.82, 2.24) is 10.6 Å². The van der Waals surface area contributed by atoms with E-state index < -0.39 is 0 Å². The Balaban J connectivity index is 1.83. The third kappa shape index (κ3) is 5.75. The maximum absolute atomic E-state index is 12.3. The Kier molecular flexibility index (Phi) is 6.75. The van der Waals surface area contributed by atoms with Gasteiger partial charge in [0.1, 0.15) is 0 Å². The predicted octanol–water partition coefficient (Wildman–Crippen LogP) is 3.77. The zero-order chi connectivity index (χ0) is 18.2. The maximum Gasteiger partial charge on any atom is 0.223 e. The number of rotatable bonds is 7. The molecular formula is C21H26N2O2. The summed E-state index contributed by atoms with van der Waals surface area (Å²) in [5.41, 5.74) is 2.09. The van der Waals surface area contributed by atoms with Crippen molar-refractivity contribution >= 4 is 11.8 Å². The van der Waals surface area contributed by atoms with Gasteiger partial charge in [0, 0.05) is 12.3 Å². The molecule has 4 heteroatoms. The van der Waals surface area contributed by atoms with Crippen molar-refractivity contribution in [1.29, 1.82) is 0 Å². The molecule has 25 heavy (non-hydrogen) atoms. The lowest BCUT2D eigenvalue weighted by Gasteiger charge is -2.19. The summed E-state index contributed by atoms with van der Waals surface area (Å²) in [5.74, 6) is -0.612. The highest BCUT2D eigenvalue weighted by atomic mass is 16.2. The van der Waals surface area contributed by atoms with Crippen LogP contribution in [0.5, 0.6) is 0 Å². The molecule has 0 spiro atoms. The van der Waals surface area contributed by atoms with Crippen molar-refractivity contribution in [3.05, 3.63) is 71.8 Å². The lowest BCUT2D eigenvalue weighted by molar-refractivity contribution is -0.130. The van der Waals surface area contributed by atoms with Gasteiger partial charge in [0.2, 0.25) is 11.8 Å². The lowest BCUT2D eigenvalue weighted by atomic mass is 10.0. The molecule has 2 amide bonds. The fraction of sp³-hybridized carbons (Fsp3) is 0.333. The van der Waals surface area contributed by atoms with Crippen LogP contribution in [0.3, 0.4) is 0 Å². The first-order valence-electron chi connectivity index (χ1n) is 8.67. The Labute approximate surface area is 149 Å². The third-order valence-electron chi connectivity index (χ3n) is 4.27. The number of carbonyl (C=O) groups is 2. The molecule has 0 aliphatic rings. The molecule has 2 rings (SSSR count). The van der Waals surface area contributed by atoms with Gasteiger partial charge in [0.25, 0.3) is 0 Å². The van der Waals surface area contributed by atoms with E-state index in [9.17, 15) is 9.59 Å². The van der Waals surface area contributed by atoms with Crippen LogP contribution in [-0.4, -0.2) is 11.8 Å². The van der Waals surface area contributed by atoms with Crippen LogP contribution in [0.2, 0.25) is 0 Å². The number of nitrogens with one attached hydrogen (secondary N) is 2. The van der Waals surface area contributed by atoms with Gasteiger partial charge < -0.3 is 10.6 Å². The molecule has 2 aromatic rings. The quantitative estimate of drug-likeness (QED) is 0.807. The minimum atomic E-state index is -0.380. The number of hydrogen-bond donors (Lipinski definition) is 2. The molecule has 3 atom stereocenters. The van der Waals surface area contributed by atoms with Crippen molar-refractivity contribution in [3.8, 4) is 0 Å². The topological polar surface area (TPSA) is 58.2 Å². The van der Waals surface area contributed by atoms with E-state index in [4.69, 9.17) is 0 Å². The van der Waals surface area contributed by atoms with Gasteiger partial charge in [-0.15, -0.1) is 0 Å². The van der Waals surface area contributed by atoms with Crippen molar-refractivity contribution in [2.45, 2.75) is 39.3 Å². The monoisotopic (exact) mass is 338 g/mol. The molecule has 4 nitrogen and oxygen atoms in total. The SMILES string of the molecule is CC(CC(=O)N[C@@H](C)c1ccccc1)C(=O)N[C@@H](C)c1ccccc1. The Morgan fingerprint density at radius 3 is 1.68 bits per heavy atom. The van der Waals surface area contributed by atoms with Crippen LogP contribution >= 0.6 is 0 Å². The van der Waals surface area contributed by atoms with Crippen LogP contribution in [0.25, 0.3) is 0 Å². The minimum Gasteiger partial charge on any atom is -0.350 e. The summed E-state index contributed by atoms with van der Waals surface area (Å²) in [7, 11) is 0. The maximum atomic E-state index is 12.3. The molecule has 0 heterocycles. The summed E-state index contributed by atoms with van der Waals surface area (Å²) in [5, 5.41) is 5.92. The van der Waals surface area contributed by atoms with E-state index in [1.807, 2.05) is 74.5 Å². The molecule has 0 bridgehead atoms. The first-order valence-corrected chi connectivity index (χ1v) is 8.67. The molecule has 1 unspecified atom stereocenters. The predicted molar refractivity (Wildman–Crippen MR) is 99.8 cm³/mol. The van der Waals surface area contributed by atoms with Gasteiger partial charge in [-0.2, -0.15) is 0 Å². The second kappa shape index (κ2) is 9.02. The highest BCUT2D eigenvalue weighted by molar-refractivity contribution is 5.85. The molecule has 0 aliphatic heterocycles. The Bertz CT molecular complexity index is 686. The van der Waals surface area contributed by atoms with Crippen LogP contribution < -0.4 is 10.6 Å². The second-order valence-corrected chi connectivity index (χ2v) is 6.45. The van der Waals surface area contributed by atoms with Crippen LogP contribution in [-0.2, 0) is 9.59 Å². The first-order chi connectivity index (χ1) is 12.0. The molecule has 2 N–H and O–H groups in total. The van der Waals surface area contributed by atoms with Crippen LogP contribution in [0.15, 0.2) is 60.7 Å². The van der Waals surface area contributed by atoms with E-state index in [1.165, 1.54) is 0 Å². The second-order valence-electron chi connectivity index (χ2n) is 6.45. The lowest BCUT2D eigenvalue weighted by Crippen LogP contribution is -2.35. The van der Waals surface area contributed by atoms with Gasteiger partial charge >= 0.3 is 0 Å². The van der Waals surface area contributed by atoms with Gasteiger partial charge in [0.15, 0.2) is 0 Å². The van der Waals surface area contributed by atoms with Gasteiger partial charge in [0.05, 0.1) is 12.1 Å². The molecule has 0 aliphatic carbocycles. The van der Waals surface area contributed by atoms with Gasteiger partial charge in [-0.25, -0.2) is 0 Å². The summed E-state index contributed by atoms with van der Waals surface area (Å²) in [4.78, 5) is 24.5. The van der Waals surface area contributed by atoms with E-state index in [-0.39, 0.29) is 36.2 Å². The average molecular weight is 338 g/mol. The summed E-state index contributed by atoms with van der Waals surface area (Å²) in [6, 6.07) is 19.4. The van der Waals surface area contributed by atoms with Gasteiger partial charge in [-0.05, 0) is 25.0 Å². The standard InChI is InChI=1S/C21H26N2O2/c1-15(21(25)23-17(3)19-12-8-5-9-13-19)14-20(24)22-16(2)18-10-6-4-7-11-18/h4-13,15-17H,14H2,1-3H3,(H,22,24)(H,23,25)/t15?,16-,17-/m0/s1. The normalized spacial score (nSPS) is 14.2. The Morgan fingerprint density at radius 2 is 1.20 bits per heavy atom. The van der Waals surface area contributed by atoms with Crippen molar-refractivity contribution in [3.63, 3.8) is 0 Å². The molecule has 0 aromatic heterocycles. The Hall–Kier alpha value is -2.62. The molecule has 2 aromatic carbocycles. The molecular weight excluding hydrogens is 312 g/mol. The van der Waals surface area contributed by atoms with Gasteiger partial charge in [-0.1, -0.05) is 67.6 Å². The van der Waals surface area contributed by atoms with Crippen molar-refractivity contribution in [2.24, 2.45) is 5.92 Å². The number of amides is 2. The van der Waals surface area contributed by atoms with E-state index in [0.717, 1.165) is 11.1 Å². The zero-order valence-corrected chi connectivity index (χ0v) is 15.0. The van der Waals surface area contributed by atoms with E-state index in [1.54, 1.807) is 6.92 Å². The molecule has 0 fully saturated rings. The number of carbonyl (C=O) groups excluding carboxylic acids is 2. The molecule has 0 saturated carbocycles. The summed E-state index contributed by atoms with van der Waals surface area (Å²) >= 11 is 0. The zero-order valence-electron chi connectivity index (χ0n) is 15.0. The smallest absolute Gasteiger partial charge is 0.223 e. The highest BCUT2D eigenvalue weighted by Crippen LogP contribution is 2.15. The van der Waals surface area contributed by atoms with Gasteiger partial charge in [-0.3, -0.25) is 9.59 Å². The summed E-state index contributed by atoms with van der Waals surface area (Å²) in [6.07, 6.45) is 0.171. The van der Waals surface area contributed by atoms with E-state index in [2.05, 4.69) is 10.6 Å². The average Bonchev–Trinajstić information content (AvgIpc) is 2.62. The van der Waals surface area contributed by atoms with Crippen molar-refractivity contribution in [2.75, 3.05) is 0 Å². The third-order valence-corrected chi connectivity index (χ3v) is 4.27. The fourth-order valence-corrected chi connectivity index (χ4v) is 2.68. The van der Waals surface area contributed by atoms with Crippen LogP contribution in [0, 0.1) is 5.92 Å². The van der Waals surface area contributed by atoms with Crippen LogP contribution in [0.4, 0.5) is 0 Å². The number of hydrogen-bond acceptors (Lipinski definition) is 2. The summed E-state index contributed by atoms with van der Waals surface area (Å²) in [6.45, 7) is 5.66. The Morgan fingerprint density at radius 1 is 0.760 bits per heavy atom. The van der Waals surface area contributed by atoms with E-state index in [0.29, 0.717) is 0 Å². The highest BCUT2D eigenvalue weighted by Gasteiger charge is 2.20. The summed E-state index contributed by atoms with van der Waals surface area (Å²) < 4.78 is 0. The van der Waals surface area contributed by atoms with E-state index >= 15 is 0 Å².